The molecule has 2 N–H and O–H groups in total. The Morgan fingerprint density at radius 3 is 2.50 bits per heavy atom. The molecule has 0 fully saturated rings. The van der Waals surface area contributed by atoms with Crippen molar-refractivity contribution < 1.29 is 5.11 Å². The molecule has 94 valence electrons. The van der Waals surface area contributed by atoms with Crippen LogP contribution in [0.15, 0.2) is 54.7 Å². The van der Waals surface area contributed by atoms with Crippen LogP contribution in [-0.2, 0) is 13.0 Å². The number of hydrogen-bond donors (Lipinski definition) is 2. The molecule has 0 saturated heterocycles. The van der Waals surface area contributed by atoms with E-state index in [1.54, 1.807) is 6.20 Å². The van der Waals surface area contributed by atoms with E-state index in [2.05, 4.69) is 22.4 Å². The van der Waals surface area contributed by atoms with E-state index < -0.39 is 0 Å². The molecule has 1 atom stereocenters. The summed E-state index contributed by atoms with van der Waals surface area (Å²) in [5.41, 5.74) is 2.22. The first-order valence-corrected chi connectivity index (χ1v) is 6.16. The van der Waals surface area contributed by atoms with Crippen LogP contribution < -0.4 is 5.32 Å². The van der Waals surface area contributed by atoms with Crippen molar-refractivity contribution in [1.82, 2.24) is 10.3 Å². The highest BCUT2D eigenvalue weighted by atomic mass is 16.3. The van der Waals surface area contributed by atoms with Crippen molar-refractivity contribution in [2.75, 3.05) is 6.61 Å². The van der Waals surface area contributed by atoms with E-state index >= 15 is 0 Å². The summed E-state index contributed by atoms with van der Waals surface area (Å²) in [5, 5.41) is 12.7. The molecule has 2 rings (SSSR count). The van der Waals surface area contributed by atoms with Crippen molar-refractivity contribution in [2.45, 2.75) is 19.0 Å². The molecule has 0 bridgehead atoms. The van der Waals surface area contributed by atoms with Crippen LogP contribution in [0.1, 0.15) is 11.3 Å². The van der Waals surface area contributed by atoms with Crippen molar-refractivity contribution in [1.29, 1.82) is 0 Å². The quantitative estimate of drug-likeness (QED) is 0.811. The van der Waals surface area contributed by atoms with E-state index in [4.69, 9.17) is 0 Å². The van der Waals surface area contributed by atoms with Gasteiger partial charge in [-0.3, -0.25) is 4.98 Å². The zero-order valence-electron chi connectivity index (χ0n) is 10.3. The monoisotopic (exact) mass is 242 g/mol. The first-order chi connectivity index (χ1) is 8.88. The SMILES string of the molecule is OCC(Cc1ccccc1)NCc1ccccn1. The normalized spacial score (nSPS) is 12.3. The zero-order valence-corrected chi connectivity index (χ0v) is 10.3. The van der Waals surface area contributed by atoms with Crippen LogP contribution in [0.4, 0.5) is 0 Å². The molecule has 0 radical (unpaired) electrons. The molecule has 0 saturated carbocycles. The Kier molecular flexibility index (Phi) is 4.88. The van der Waals surface area contributed by atoms with Crippen LogP contribution in [0.3, 0.4) is 0 Å². The molecule has 1 aromatic heterocycles. The predicted octanol–water partition coefficient (Wildman–Crippen LogP) is 1.77. The van der Waals surface area contributed by atoms with Crippen LogP contribution in [0.25, 0.3) is 0 Å². The number of benzene rings is 1. The fourth-order valence-corrected chi connectivity index (χ4v) is 1.85. The molecule has 1 unspecified atom stereocenters. The van der Waals surface area contributed by atoms with Crippen LogP contribution in [0.2, 0.25) is 0 Å². The highest BCUT2D eigenvalue weighted by Crippen LogP contribution is 2.03. The maximum atomic E-state index is 9.38. The summed E-state index contributed by atoms with van der Waals surface area (Å²) in [6, 6.07) is 16.1. The summed E-state index contributed by atoms with van der Waals surface area (Å²) < 4.78 is 0. The van der Waals surface area contributed by atoms with Gasteiger partial charge in [0.25, 0.3) is 0 Å². The van der Waals surface area contributed by atoms with E-state index in [1.165, 1.54) is 5.56 Å². The van der Waals surface area contributed by atoms with Gasteiger partial charge in [-0.05, 0) is 24.1 Å². The van der Waals surface area contributed by atoms with Crippen LogP contribution >= 0.6 is 0 Å². The summed E-state index contributed by atoms with van der Waals surface area (Å²) in [5.74, 6) is 0. The minimum atomic E-state index is 0.0643. The standard InChI is InChI=1S/C15H18N2O/c18-12-15(10-13-6-2-1-3-7-13)17-11-14-8-4-5-9-16-14/h1-9,15,17-18H,10-12H2. The van der Waals surface area contributed by atoms with E-state index in [9.17, 15) is 5.11 Å². The average molecular weight is 242 g/mol. The van der Waals surface area contributed by atoms with Gasteiger partial charge >= 0.3 is 0 Å². The molecule has 0 aliphatic carbocycles. The number of nitrogens with one attached hydrogen (secondary N) is 1. The minimum absolute atomic E-state index is 0.0643. The van der Waals surface area contributed by atoms with E-state index in [-0.39, 0.29) is 12.6 Å². The summed E-state index contributed by atoms with van der Waals surface area (Å²) in [7, 11) is 0. The van der Waals surface area contributed by atoms with Crippen molar-refractivity contribution in [3.05, 3.63) is 66.0 Å². The Morgan fingerprint density at radius 2 is 1.83 bits per heavy atom. The third kappa shape index (κ3) is 3.95. The Bertz CT molecular complexity index is 445. The van der Waals surface area contributed by atoms with Gasteiger partial charge in [0.2, 0.25) is 0 Å². The molecule has 1 aromatic carbocycles. The topological polar surface area (TPSA) is 45.1 Å². The minimum Gasteiger partial charge on any atom is -0.395 e. The smallest absolute Gasteiger partial charge is 0.0588 e. The van der Waals surface area contributed by atoms with E-state index in [0.717, 1.165) is 12.1 Å². The second-order valence-electron chi connectivity index (χ2n) is 4.27. The summed E-state index contributed by atoms with van der Waals surface area (Å²) in [4.78, 5) is 4.25. The number of aliphatic hydroxyl groups is 1. The molecule has 0 amide bonds. The average Bonchev–Trinajstić information content (AvgIpc) is 2.45. The maximum Gasteiger partial charge on any atom is 0.0588 e. The maximum absolute atomic E-state index is 9.38. The number of nitrogens with zero attached hydrogens (tertiary/aromatic N) is 1. The van der Waals surface area contributed by atoms with Crippen LogP contribution in [0, 0.1) is 0 Å². The lowest BCUT2D eigenvalue weighted by Crippen LogP contribution is -2.34. The lowest BCUT2D eigenvalue weighted by Gasteiger charge is -2.16. The number of hydrogen-bond acceptors (Lipinski definition) is 3. The van der Waals surface area contributed by atoms with Crippen molar-refractivity contribution >= 4 is 0 Å². The largest absolute Gasteiger partial charge is 0.395 e. The van der Waals surface area contributed by atoms with E-state index in [0.29, 0.717) is 6.54 Å². The first kappa shape index (κ1) is 12.7. The lowest BCUT2D eigenvalue weighted by atomic mass is 10.1. The summed E-state index contributed by atoms with van der Waals surface area (Å²) in [6.45, 7) is 0.806. The molecule has 18 heavy (non-hydrogen) atoms. The second kappa shape index (κ2) is 6.89. The van der Waals surface area contributed by atoms with Crippen molar-refractivity contribution in [3.8, 4) is 0 Å². The Balaban J connectivity index is 1.86. The number of aromatic nitrogens is 1. The van der Waals surface area contributed by atoms with Gasteiger partial charge in [-0.1, -0.05) is 36.4 Å². The molecular weight excluding hydrogens is 224 g/mol. The second-order valence-corrected chi connectivity index (χ2v) is 4.27. The Labute approximate surface area is 108 Å². The predicted molar refractivity (Wildman–Crippen MR) is 72.1 cm³/mol. The van der Waals surface area contributed by atoms with Gasteiger partial charge < -0.3 is 10.4 Å². The molecule has 0 aliphatic heterocycles. The number of aliphatic hydroxyl groups excluding tert-OH is 1. The fourth-order valence-electron chi connectivity index (χ4n) is 1.85. The molecular formula is C15H18N2O. The molecule has 2 aromatic rings. The Hall–Kier alpha value is -1.71. The molecule has 3 nitrogen and oxygen atoms in total. The van der Waals surface area contributed by atoms with Gasteiger partial charge in [0, 0.05) is 18.8 Å². The molecule has 1 heterocycles. The summed E-state index contributed by atoms with van der Waals surface area (Å²) >= 11 is 0. The Morgan fingerprint density at radius 1 is 1.06 bits per heavy atom. The third-order valence-electron chi connectivity index (χ3n) is 2.84. The van der Waals surface area contributed by atoms with Gasteiger partial charge in [0.1, 0.15) is 0 Å². The molecule has 0 spiro atoms. The van der Waals surface area contributed by atoms with Crippen molar-refractivity contribution in [2.24, 2.45) is 0 Å². The van der Waals surface area contributed by atoms with Crippen LogP contribution in [-0.4, -0.2) is 22.7 Å². The fraction of sp³-hybridized carbons (Fsp3) is 0.267. The lowest BCUT2D eigenvalue weighted by molar-refractivity contribution is 0.240. The first-order valence-electron chi connectivity index (χ1n) is 6.16. The van der Waals surface area contributed by atoms with Crippen molar-refractivity contribution in [3.63, 3.8) is 0 Å². The van der Waals surface area contributed by atoms with Crippen LogP contribution in [0.5, 0.6) is 0 Å². The van der Waals surface area contributed by atoms with Gasteiger partial charge in [0.15, 0.2) is 0 Å². The highest BCUT2D eigenvalue weighted by Gasteiger charge is 2.07. The van der Waals surface area contributed by atoms with Gasteiger partial charge in [-0.15, -0.1) is 0 Å². The van der Waals surface area contributed by atoms with Gasteiger partial charge in [-0.2, -0.15) is 0 Å². The number of rotatable bonds is 6. The summed E-state index contributed by atoms with van der Waals surface area (Å²) in [6.07, 6.45) is 2.60. The number of pyridine rings is 1. The zero-order chi connectivity index (χ0) is 12.6. The molecule has 3 heteroatoms. The van der Waals surface area contributed by atoms with Gasteiger partial charge in [0.05, 0.1) is 12.3 Å². The van der Waals surface area contributed by atoms with Gasteiger partial charge in [-0.25, -0.2) is 0 Å². The highest BCUT2D eigenvalue weighted by molar-refractivity contribution is 5.16. The van der Waals surface area contributed by atoms with E-state index in [1.807, 2.05) is 36.4 Å². The molecule has 0 aliphatic rings. The third-order valence-corrected chi connectivity index (χ3v) is 2.84.